The molecule has 6 nitrogen and oxygen atoms in total. The summed E-state index contributed by atoms with van der Waals surface area (Å²) in [5.41, 5.74) is 0. The molecule has 0 amide bonds. The van der Waals surface area contributed by atoms with E-state index in [2.05, 4.69) is 15.5 Å². The van der Waals surface area contributed by atoms with Crippen molar-refractivity contribution in [2.75, 3.05) is 13.7 Å². The summed E-state index contributed by atoms with van der Waals surface area (Å²) in [7, 11) is 3.32. The van der Waals surface area contributed by atoms with Crippen LogP contribution in [0.2, 0.25) is 0 Å². The number of hydrogen-bond acceptors (Lipinski definition) is 6. The van der Waals surface area contributed by atoms with Crippen molar-refractivity contribution < 1.29 is 9.53 Å². The molecule has 1 aliphatic rings. The average molecular weight is 242 g/mol. The van der Waals surface area contributed by atoms with Gasteiger partial charge < -0.3 is 14.6 Å². The number of esters is 1. The van der Waals surface area contributed by atoms with Gasteiger partial charge in [0.25, 0.3) is 0 Å². The fraction of sp³-hybridized carbons (Fsp3) is 0.667. The molecule has 1 fully saturated rings. The average Bonchev–Trinajstić information content (AvgIpc) is 2.89. The van der Waals surface area contributed by atoms with Crippen LogP contribution in [0.25, 0.3) is 0 Å². The van der Waals surface area contributed by atoms with Gasteiger partial charge in [0, 0.05) is 18.8 Å². The first-order valence-corrected chi connectivity index (χ1v) is 5.90. The van der Waals surface area contributed by atoms with Crippen LogP contribution in [0.4, 0.5) is 0 Å². The number of ether oxygens (including phenoxy) is 1. The van der Waals surface area contributed by atoms with Gasteiger partial charge in [-0.15, -0.1) is 10.2 Å². The highest BCUT2D eigenvalue weighted by molar-refractivity contribution is 7.99. The maximum absolute atomic E-state index is 11.3. The Kier molecular flexibility index (Phi) is 3.45. The number of rotatable bonds is 3. The van der Waals surface area contributed by atoms with Crippen LogP contribution in [-0.2, 0) is 16.6 Å². The predicted octanol–water partition coefficient (Wildman–Crippen LogP) is -0.189. The van der Waals surface area contributed by atoms with Crippen molar-refractivity contribution >= 4 is 17.7 Å². The smallest absolute Gasteiger partial charge is 0.322 e. The molecule has 0 radical (unpaired) electrons. The monoisotopic (exact) mass is 242 g/mol. The molecule has 0 aliphatic carbocycles. The summed E-state index contributed by atoms with van der Waals surface area (Å²) in [6.45, 7) is 0.789. The lowest BCUT2D eigenvalue weighted by atomic mass is 10.2. The van der Waals surface area contributed by atoms with Crippen LogP contribution in [0.5, 0.6) is 0 Å². The minimum Gasteiger partial charge on any atom is -0.468 e. The lowest BCUT2D eigenvalue weighted by Gasteiger charge is -2.07. The number of aryl methyl sites for hydroxylation is 1. The highest BCUT2D eigenvalue weighted by atomic mass is 32.2. The van der Waals surface area contributed by atoms with Gasteiger partial charge in [-0.1, -0.05) is 11.8 Å². The summed E-state index contributed by atoms with van der Waals surface area (Å²) in [5.74, 6) is -0.193. The zero-order valence-corrected chi connectivity index (χ0v) is 10.0. The van der Waals surface area contributed by atoms with Crippen LogP contribution in [-0.4, -0.2) is 45.7 Å². The molecule has 2 atom stereocenters. The van der Waals surface area contributed by atoms with Crippen molar-refractivity contribution in [1.82, 2.24) is 20.1 Å². The van der Waals surface area contributed by atoms with E-state index >= 15 is 0 Å². The van der Waals surface area contributed by atoms with Crippen LogP contribution < -0.4 is 5.32 Å². The summed E-state index contributed by atoms with van der Waals surface area (Å²) in [5, 5.41) is 12.2. The van der Waals surface area contributed by atoms with Gasteiger partial charge in [0.05, 0.1) is 7.11 Å². The van der Waals surface area contributed by atoms with Gasteiger partial charge in [-0.2, -0.15) is 0 Å². The second-order valence-corrected chi connectivity index (χ2v) is 4.95. The fourth-order valence-corrected chi connectivity index (χ4v) is 2.72. The SMILES string of the molecule is COC(=O)C1CC(Sc2nncn2C)CN1. The largest absolute Gasteiger partial charge is 0.468 e. The maximum Gasteiger partial charge on any atom is 0.322 e. The summed E-state index contributed by atoms with van der Waals surface area (Å²) in [6.07, 6.45) is 2.44. The Bertz CT molecular complexity index is 381. The summed E-state index contributed by atoms with van der Waals surface area (Å²) >= 11 is 1.64. The Labute approximate surface area is 97.8 Å². The van der Waals surface area contributed by atoms with Crippen molar-refractivity contribution in [2.45, 2.75) is 22.9 Å². The third kappa shape index (κ3) is 2.35. The van der Waals surface area contributed by atoms with E-state index in [-0.39, 0.29) is 12.0 Å². The lowest BCUT2D eigenvalue weighted by Crippen LogP contribution is -2.31. The van der Waals surface area contributed by atoms with Gasteiger partial charge in [-0.25, -0.2) is 0 Å². The van der Waals surface area contributed by atoms with Crippen LogP contribution in [0, 0.1) is 0 Å². The number of carbonyl (C=O) groups excluding carboxylic acids is 1. The first kappa shape index (κ1) is 11.4. The normalized spacial score (nSPS) is 24.6. The standard InChI is InChI=1S/C9H14N4O2S/c1-13-5-11-12-9(13)16-6-3-7(10-4-6)8(14)15-2/h5-7,10H,3-4H2,1-2H3. The third-order valence-electron chi connectivity index (χ3n) is 2.52. The molecular weight excluding hydrogens is 228 g/mol. The van der Waals surface area contributed by atoms with Crippen molar-refractivity contribution in [3.8, 4) is 0 Å². The molecule has 2 rings (SSSR count). The molecule has 0 spiro atoms. The second-order valence-electron chi connectivity index (χ2n) is 3.68. The van der Waals surface area contributed by atoms with Gasteiger partial charge in [-0.05, 0) is 6.42 Å². The molecule has 7 heteroatoms. The topological polar surface area (TPSA) is 69.0 Å². The van der Waals surface area contributed by atoms with E-state index in [0.717, 1.165) is 18.1 Å². The van der Waals surface area contributed by atoms with E-state index < -0.39 is 0 Å². The molecule has 0 aromatic carbocycles. The minimum atomic E-state index is -0.193. The molecule has 1 aromatic rings. The molecule has 2 unspecified atom stereocenters. The first-order chi connectivity index (χ1) is 7.70. The molecule has 1 aromatic heterocycles. The Morgan fingerprint density at radius 2 is 2.56 bits per heavy atom. The number of methoxy groups -OCH3 is 1. The fourth-order valence-electron chi connectivity index (χ4n) is 1.64. The van der Waals surface area contributed by atoms with Crippen LogP contribution in [0.15, 0.2) is 11.5 Å². The zero-order valence-electron chi connectivity index (χ0n) is 9.21. The number of carbonyl (C=O) groups is 1. The number of nitrogens with one attached hydrogen (secondary N) is 1. The van der Waals surface area contributed by atoms with E-state index in [1.807, 2.05) is 11.6 Å². The quantitative estimate of drug-likeness (QED) is 0.741. The maximum atomic E-state index is 11.3. The molecular formula is C9H14N4O2S. The van der Waals surface area contributed by atoms with Gasteiger partial charge in [0.1, 0.15) is 12.4 Å². The van der Waals surface area contributed by atoms with Crippen molar-refractivity contribution in [3.63, 3.8) is 0 Å². The van der Waals surface area contributed by atoms with E-state index in [4.69, 9.17) is 4.74 Å². The molecule has 88 valence electrons. The van der Waals surface area contributed by atoms with Gasteiger partial charge in [0.2, 0.25) is 0 Å². The van der Waals surface area contributed by atoms with Crippen molar-refractivity contribution in [1.29, 1.82) is 0 Å². The van der Waals surface area contributed by atoms with Crippen LogP contribution >= 0.6 is 11.8 Å². The summed E-state index contributed by atoms with van der Waals surface area (Å²) in [4.78, 5) is 11.3. The Morgan fingerprint density at radius 3 is 3.19 bits per heavy atom. The molecule has 0 bridgehead atoms. The summed E-state index contributed by atoms with van der Waals surface area (Å²) < 4.78 is 6.57. The molecule has 1 N–H and O–H groups in total. The van der Waals surface area contributed by atoms with E-state index in [0.29, 0.717) is 5.25 Å². The number of thioether (sulfide) groups is 1. The molecule has 2 heterocycles. The Hall–Kier alpha value is -1.08. The number of aromatic nitrogens is 3. The van der Waals surface area contributed by atoms with Gasteiger partial charge in [-0.3, -0.25) is 4.79 Å². The number of nitrogens with zero attached hydrogens (tertiary/aromatic N) is 3. The van der Waals surface area contributed by atoms with Crippen molar-refractivity contribution in [2.24, 2.45) is 7.05 Å². The Morgan fingerprint density at radius 1 is 1.75 bits per heavy atom. The Balaban J connectivity index is 1.90. The van der Waals surface area contributed by atoms with E-state index in [1.165, 1.54) is 7.11 Å². The molecule has 1 saturated heterocycles. The summed E-state index contributed by atoms with van der Waals surface area (Å²) in [6, 6.07) is -0.185. The second kappa shape index (κ2) is 4.84. The zero-order chi connectivity index (χ0) is 11.5. The van der Waals surface area contributed by atoms with Gasteiger partial charge >= 0.3 is 5.97 Å². The predicted molar refractivity (Wildman–Crippen MR) is 59.1 cm³/mol. The third-order valence-corrected chi connectivity index (χ3v) is 3.79. The van der Waals surface area contributed by atoms with E-state index in [1.54, 1.807) is 18.1 Å². The lowest BCUT2D eigenvalue weighted by molar-refractivity contribution is -0.142. The first-order valence-electron chi connectivity index (χ1n) is 5.02. The molecule has 16 heavy (non-hydrogen) atoms. The van der Waals surface area contributed by atoms with Gasteiger partial charge in [0.15, 0.2) is 5.16 Å². The molecule has 1 aliphatic heterocycles. The minimum absolute atomic E-state index is 0.185. The van der Waals surface area contributed by atoms with E-state index in [9.17, 15) is 4.79 Å². The highest BCUT2D eigenvalue weighted by Gasteiger charge is 2.31. The van der Waals surface area contributed by atoms with Crippen LogP contribution in [0.1, 0.15) is 6.42 Å². The highest BCUT2D eigenvalue weighted by Crippen LogP contribution is 2.27. The number of hydrogen-bond donors (Lipinski definition) is 1. The van der Waals surface area contributed by atoms with Crippen molar-refractivity contribution in [3.05, 3.63) is 6.33 Å². The molecule has 0 saturated carbocycles. The van der Waals surface area contributed by atoms with Crippen LogP contribution in [0.3, 0.4) is 0 Å².